The van der Waals surface area contributed by atoms with Gasteiger partial charge in [-0.15, -0.1) is 10.2 Å². The highest BCUT2D eigenvalue weighted by molar-refractivity contribution is 7.92. The number of hydrogen-bond donors (Lipinski definition) is 3. The SMILES string of the molecule is Cc1ccc(S(=O)(=O)Nc2cc(-c3nn[nH]n3)ccc2C(=O)O)cc1. The molecular weight excluding hydrogens is 346 g/mol. The number of H-pyrrole nitrogens is 1. The summed E-state index contributed by atoms with van der Waals surface area (Å²) < 4.78 is 27.4. The number of benzene rings is 2. The van der Waals surface area contributed by atoms with Gasteiger partial charge in [0.05, 0.1) is 16.1 Å². The van der Waals surface area contributed by atoms with E-state index in [1.807, 2.05) is 6.92 Å². The van der Waals surface area contributed by atoms with Gasteiger partial charge in [-0.1, -0.05) is 23.8 Å². The normalized spacial score (nSPS) is 11.2. The monoisotopic (exact) mass is 359 g/mol. The molecule has 25 heavy (non-hydrogen) atoms. The van der Waals surface area contributed by atoms with Crippen molar-refractivity contribution in [3.8, 4) is 11.4 Å². The Kier molecular flexibility index (Phi) is 4.19. The van der Waals surface area contributed by atoms with Crippen LogP contribution < -0.4 is 4.72 Å². The molecule has 2 aromatic carbocycles. The number of nitrogens with one attached hydrogen (secondary N) is 2. The summed E-state index contributed by atoms with van der Waals surface area (Å²) in [5, 5.41) is 22.6. The van der Waals surface area contributed by atoms with Crippen molar-refractivity contribution in [2.75, 3.05) is 4.72 Å². The van der Waals surface area contributed by atoms with Crippen LogP contribution in [0.1, 0.15) is 15.9 Å². The molecule has 0 aliphatic heterocycles. The molecule has 0 saturated carbocycles. The van der Waals surface area contributed by atoms with E-state index in [1.54, 1.807) is 12.1 Å². The van der Waals surface area contributed by atoms with Gasteiger partial charge in [-0.05, 0) is 36.4 Å². The number of aromatic carboxylic acids is 1. The maximum Gasteiger partial charge on any atom is 0.337 e. The number of carboxylic acids is 1. The molecule has 1 heterocycles. The molecule has 3 aromatic rings. The molecule has 0 amide bonds. The van der Waals surface area contributed by atoms with Crippen molar-refractivity contribution in [3.63, 3.8) is 0 Å². The van der Waals surface area contributed by atoms with Crippen molar-refractivity contribution in [2.24, 2.45) is 0 Å². The molecular formula is C15H13N5O4S. The first kappa shape index (κ1) is 16.6. The number of nitrogens with zero attached hydrogens (tertiary/aromatic N) is 3. The number of rotatable bonds is 5. The highest BCUT2D eigenvalue weighted by Crippen LogP contribution is 2.26. The number of sulfonamides is 1. The number of hydrogen-bond acceptors (Lipinski definition) is 6. The van der Waals surface area contributed by atoms with E-state index in [9.17, 15) is 18.3 Å². The zero-order valence-electron chi connectivity index (χ0n) is 13.0. The standard InChI is InChI=1S/C15H13N5O4S/c1-9-2-5-11(6-3-9)25(23,24)18-13-8-10(14-16-19-20-17-14)4-7-12(13)15(21)22/h2-8,18H,1H3,(H,21,22)(H,16,17,19,20). The van der Waals surface area contributed by atoms with Gasteiger partial charge in [-0.25, -0.2) is 13.2 Å². The molecule has 0 aliphatic rings. The minimum absolute atomic E-state index is 0.0272. The van der Waals surface area contributed by atoms with Crippen LogP contribution in [0, 0.1) is 6.92 Å². The molecule has 3 rings (SSSR count). The van der Waals surface area contributed by atoms with E-state index < -0.39 is 16.0 Å². The van der Waals surface area contributed by atoms with Gasteiger partial charge in [0.1, 0.15) is 0 Å². The lowest BCUT2D eigenvalue weighted by Gasteiger charge is -2.12. The summed E-state index contributed by atoms with van der Waals surface area (Å²) in [6.45, 7) is 1.83. The smallest absolute Gasteiger partial charge is 0.337 e. The first-order chi connectivity index (χ1) is 11.9. The summed E-state index contributed by atoms with van der Waals surface area (Å²) >= 11 is 0. The zero-order chi connectivity index (χ0) is 18.0. The van der Waals surface area contributed by atoms with E-state index in [-0.39, 0.29) is 22.0 Å². The largest absolute Gasteiger partial charge is 0.478 e. The number of aromatic nitrogens is 4. The fraction of sp³-hybridized carbons (Fsp3) is 0.0667. The van der Waals surface area contributed by atoms with E-state index >= 15 is 0 Å². The summed E-state index contributed by atoms with van der Waals surface area (Å²) in [4.78, 5) is 11.4. The van der Waals surface area contributed by atoms with Crippen molar-refractivity contribution in [2.45, 2.75) is 11.8 Å². The van der Waals surface area contributed by atoms with Gasteiger partial charge in [0, 0.05) is 5.56 Å². The Balaban J connectivity index is 2.04. The lowest BCUT2D eigenvalue weighted by atomic mass is 10.1. The van der Waals surface area contributed by atoms with Crippen molar-refractivity contribution in [1.82, 2.24) is 20.6 Å². The highest BCUT2D eigenvalue weighted by Gasteiger charge is 2.20. The Morgan fingerprint density at radius 2 is 1.88 bits per heavy atom. The third-order valence-electron chi connectivity index (χ3n) is 3.43. The van der Waals surface area contributed by atoms with Crippen LogP contribution in [-0.2, 0) is 10.0 Å². The number of carbonyl (C=O) groups is 1. The van der Waals surface area contributed by atoms with Gasteiger partial charge in [0.25, 0.3) is 10.0 Å². The summed E-state index contributed by atoms with van der Waals surface area (Å²) in [6.07, 6.45) is 0. The van der Waals surface area contributed by atoms with Crippen molar-refractivity contribution < 1.29 is 18.3 Å². The first-order valence-electron chi connectivity index (χ1n) is 7.07. The van der Waals surface area contributed by atoms with Gasteiger partial charge in [0.2, 0.25) is 5.82 Å². The average Bonchev–Trinajstić information content (AvgIpc) is 3.09. The minimum atomic E-state index is -3.95. The molecule has 1 aromatic heterocycles. The highest BCUT2D eigenvalue weighted by atomic mass is 32.2. The number of aromatic amines is 1. The lowest BCUT2D eigenvalue weighted by Crippen LogP contribution is -2.15. The Labute approximate surface area is 142 Å². The molecule has 0 fully saturated rings. The predicted molar refractivity (Wildman–Crippen MR) is 88.6 cm³/mol. The maximum absolute atomic E-state index is 12.5. The Morgan fingerprint density at radius 3 is 2.48 bits per heavy atom. The van der Waals surface area contributed by atoms with Crippen LogP contribution in [-0.4, -0.2) is 40.1 Å². The summed E-state index contributed by atoms with van der Waals surface area (Å²) in [7, 11) is -3.95. The molecule has 0 unspecified atom stereocenters. The van der Waals surface area contributed by atoms with Gasteiger partial charge in [-0.2, -0.15) is 5.21 Å². The van der Waals surface area contributed by atoms with Crippen LogP contribution in [0.2, 0.25) is 0 Å². The zero-order valence-corrected chi connectivity index (χ0v) is 13.8. The average molecular weight is 359 g/mol. The van der Waals surface area contributed by atoms with E-state index in [0.29, 0.717) is 5.56 Å². The minimum Gasteiger partial charge on any atom is -0.478 e. The second-order valence-corrected chi connectivity index (χ2v) is 6.90. The summed E-state index contributed by atoms with van der Waals surface area (Å²) in [6, 6.07) is 10.3. The van der Waals surface area contributed by atoms with Crippen LogP contribution in [0.25, 0.3) is 11.4 Å². The van der Waals surface area contributed by atoms with Crippen molar-refractivity contribution >= 4 is 21.7 Å². The van der Waals surface area contributed by atoms with E-state index in [0.717, 1.165) is 5.56 Å². The molecule has 0 spiro atoms. The molecule has 0 bridgehead atoms. The molecule has 0 atom stereocenters. The second-order valence-electron chi connectivity index (χ2n) is 5.22. The van der Waals surface area contributed by atoms with Crippen LogP contribution >= 0.6 is 0 Å². The van der Waals surface area contributed by atoms with Gasteiger partial charge >= 0.3 is 5.97 Å². The maximum atomic E-state index is 12.5. The lowest BCUT2D eigenvalue weighted by molar-refractivity contribution is 0.0698. The fourth-order valence-corrected chi connectivity index (χ4v) is 3.23. The molecule has 3 N–H and O–H groups in total. The molecule has 128 valence electrons. The van der Waals surface area contributed by atoms with Crippen molar-refractivity contribution in [3.05, 3.63) is 53.6 Å². The number of tetrazole rings is 1. The number of carboxylic acid groups (broad SMARTS) is 1. The Hall–Kier alpha value is -3.27. The van der Waals surface area contributed by atoms with Gasteiger partial charge in [-0.3, -0.25) is 4.72 Å². The topological polar surface area (TPSA) is 138 Å². The third-order valence-corrected chi connectivity index (χ3v) is 4.81. The molecule has 9 nitrogen and oxygen atoms in total. The van der Waals surface area contributed by atoms with E-state index in [4.69, 9.17) is 0 Å². The van der Waals surface area contributed by atoms with Crippen LogP contribution in [0.5, 0.6) is 0 Å². The van der Waals surface area contributed by atoms with E-state index in [2.05, 4.69) is 25.3 Å². The third kappa shape index (κ3) is 3.48. The number of aryl methyl sites for hydroxylation is 1. The van der Waals surface area contributed by atoms with Crippen LogP contribution in [0.3, 0.4) is 0 Å². The Morgan fingerprint density at radius 1 is 1.16 bits per heavy atom. The molecule has 0 aliphatic carbocycles. The molecule has 0 radical (unpaired) electrons. The van der Waals surface area contributed by atoms with Crippen molar-refractivity contribution in [1.29, 1.82) is 0 Å². The summed E-state index contributed by atoms with van der Waals surface area (Å²) in [5.41, 5.74) is 1.04. The van der Waals surface area contributed by atoms with Crippen LogP contribution in [0.4, 0.5) is 5.69 Å². The van der Waals surface area contributed by atoms with Gasteiger partial charge < -0.3 is 5.11 Å². The van der Waals surface area contributed by atoms with E-state index in [1.165, 1.54) is 30.3 Å². The first-order valence-corrected chi connectivity index (χ1v) is 8.56. The second kappa shape index (κ2) is 6.32. The quantitative estimate of drug-likeness (QED) is 0.630. The number of anilines is 1. The fourth-order valence-electron chi connectivity index (χ4n) is 2.16. The van der Waals surface area contributed by atoms with Crippen LogP contribution in [0.15, 0.2) is 47.4 Å². The van der Waals surface area contributed by atoms with Gasteiger partial charge in [0.15, 0.2) is 0 Å². The molecule has 0 saturated heterocycles. The Bertz CT molecular complexity index is 1010. The molecule has 10 heteroatoms. The summed E-state index contributed by atoms with van der Waals surface area (Å²) in [5.74, 6) is -1.05. The predicted octanol–water partition coefficient (Wildman–Crippen LogP) is 1.67.